The van der Waals surface area contributed by atoms with E-state index in [1.165, 1.54) is 21.3 Å². The van der Waals surface area contributed by atoms with Gasteiger partial charge in [0.2, 0.25) is 0 Å². The second-order valence-corrected chi connectivity index (χ2v) is 19.1. The Morgan fingerprint density at radius 1 is 0.907 bits per heavy atom. The van der Waals surface area contributed by atoms with Gasteiger partial charge in [-0.1, -0.05) is 42.5 Å². The summed E-state index contributed by atoms with van der Waals surface area (Å²) in [5, 5.41) is 0.271. The van der Waals surface area contributed by atoms with Gasteiger partial charge < -0.3 is 4.74 Å². The van der Waals surface area contributed by atoms with Crippen molar-refractivity contribution < 1.29 is 31.2 Å². The second-order valence-electron chi connectivity index (χ2n) is 14.9. The van der Waals surface area contributed by atoms with Gasteiger partial charge in [-0.3, -0.25) is 14.7 Å². The molecule has 0 saturated carbocycles. The van der Waals surface area contributed by atoms with Gasteiger partial charge in [-0.15, -0.1) is 0 Å². The van der Waals surface area contributed by atoms with E-state index in [-0.39, 0.29) is 28.4 Å². The average Bonchev–Trinajstić information content (AvgIpc) is 3.54. The number of benzene rings is 3. The van der Waals surface area contributed by atoms with Crippen LogP contribution in [0.5, 0.6) is 0 Å². The van der Waals surface area contributed by atoms with Crippen LogP contribution in [0, 0.1) is 0 Å². The van der Waals surface area contributed by atoms with Crippen molar-refractivity contribution in [3.63, 3.8) is 0 Å². The summed E-state index contributed by atoms with van der Waals surface area (Å²) in [5.41, 5.74) is 3.87. The number of pyridine rings is 1. The Hall–Kier alpha value is -5.05. The SMILES string of the molecule is CN1C(=O)N(c2ccc(C(=O)OC(C)(C)C)cc2)Cc2c1cnc1c2cc(-c2ccc(CN3CCC(S(C)(=O)=O)CC3)cc2)n1S(=O)(=O)c1ccccc1. The predicted octanol–water partition coefficient (Wildman–Crippen LogP) is 6.48. The molecule has 7 rings (SSSR count). The standard InChI is InChI=1S/C40H43N5O7S2/c1-40(2,3)52-38(46)29-15-17-30(18-16-29)44-26-34-33-23-35(28-13-11-27(12-14-28)25-43-21-19-31(20-22-43)53(5,48)49)45(54(50,51)32-9-7-6-8-10-32)37(33)41-24-36(34)42(4)39(44)47/h6-18,23-24,31H,19-22,25-26H2,1-5H3. The summed E-state index contributed by atoms with van der Waals surface area (Å²) in [7, 11) is -5.55. The first-order chi connectivity index (χ1) is 25.5. The average molecular weight is 770 g/mol. The van der Waals surface area contributed by atoms with Crippen molar-refractivity contribution in [3.05, 3.63) is 108 Å². The smallest absolute Gasteiger partial charge is 0.338 e. The minimum Gasteiger partial charge on any atom is -0.456 e. The lowest BCUT2D eigenvalue weighted by Gasteiger charge is -2.35. The monoisotopic (exact) mass is 769 g/mol. The molecule has 14 heteroatoms. The number of nitrogens with zero attached hydrogens (tertiary/aromatic N) is 5. The summed E-state index contributed by atoms with van der Waals surface area (Å²) in [6.45, 7) is 7.53. The number of likely N-dealkylation sites (tertiary alicyclic amines) is 1. The number of carbonyl (C=O) groups excluding carboxylic acids is 2. The molecule has 1 fully saturated rings. The molecular weight excluding hydrogens is 727 g/mol. The van der Waals surface area contributed by atoms with Gasteiger partial charge in [0.15, 0.2) is 5.65 Å². The number of aromatic nitrogens is 2. The number of hydrogen-bond acceptors (Lipinski definition) is 9. The molecule has 0 aliphatic carbocycles. The van der Waals surface area contributed by atoms with Crippen LogP contribution in [-0.4, -0.2) is 79.9 Å². The third-order valence-electron chi connectivity index (χ3n) is 9.96. The van der Waals surface area contributed by atoms with Crippen molar-refractivity contribution in [1.29, 1.82) is 0 Å². The van der Waals surface area contributed by atoms with E-state index in [0.717, 1.165) is 11.1 Å². The molecule has 12 nitrogen and oxygen atoms in total. The van der Waals surface area contributed by atoms with Gasteiger partial charge in [0, 0.05) is 36.5 Å². The van der Waals surface area contributed by atoms with Crippen LogP contribution in [0.25, 0.3) is 22.3 Å². The van der Waals surface area contributed by atoms with Gasteiger partial charge in [-0.25, -0.2) is 35.4 Å². The zero-order valence-electron chi connectivity index (χ0n) is 30.9. The number of esters is 1. The van der Waals surface area contributed by atoms with Crippen LogP contribution in [0.3, 0.4) is 0 Å². The topological polar surface area (TPSA) is 139 Å². The van der Waals surface area contributed by atoms with E-state index in [2.05, 4.69) is 9.88 Å². The molecule has 3 aromatic carbocycles. The molecule has 2 aliphatic rings. The largest absolute Gasteiger partial charge is 0.456 e. The number of carbonyl (C=O) groups is 2. The summed E-state index contributed by atoms with van der Waals surface area (Å²) in [6.07, 6.45) is 4.04. The lowest BCUT2D eigenvalue weighted by Crippen LogP contribution is -2.45. The number of anilines is 2. The highest BCUT2D eigenvalue weighted by Gasteiger charge is 2.34. The fraction of sp³-hybridized carbons (Fsp3) is 0.325. The number of fused-ring (bicyclic) bond motifs is 3. The Morgan fingerprint density at radius 3 is 2.17 bits per heavy atom. The van der Waals surface area contributed by atoms with Gasteiger partial charge in [0.25, 0.3) is 10.0 Å². The number of piperidine rings is 1. The molecule has 2 amide bonds. The van der Waals surface area contributed by atoms with Gasteiger partial charge in [0.05, 0.1) is 39.8 Å². The second kappa shape index (κ2) is 14.0. The molecule has 0 N–H and O–H groups in total. The molecule has 1 saturated heterocycles. The summed E-state index contributed by atoms with van der Waals surface area (Å²) in [5.74, 6) is -0.468. The Labute approximate surface area is 315 Å². The maximum absolute atomic E-state index is 14.4. The normalized spacial score (nSPS) is 16.1. The van der Waals surface area contributed by atoms with E-state index >= 15 is 0 Å². The molecule has 54 heavy (non-hydrogen) atoms. The molecule has 5 aromatic rings. The zero-order chi connectivity index (χ0) is 38.6. The van der Waals surface area contributed by atoms with Crippen molar-refractivity contribution in [3.8, 4) is 11.3 Å². The van der Waals surface area contributed by atoms with E-state index in [1.54, 1.807) is 87.3 Å². The highest BCUT2D eigenvalue weighted by molar-refractivity contribution is 7.91. The Morgan fingerprint density at radius 2 is 1.56 bits per heavy atom. The van der Waals surface area contributed by atoms with E-state index in [1.807, 2.05) is 30.3 Å². The predicted molar refractivity (Wildman–Crippen MR) is 209 cm³/mol. The minimum atomic E-state index is -4.13. The van der Waals surface area contributed by atoms with Crippen LogP contribution < -0.4 is 9.80 Å². The number of urea groups is 1. The highest BCUT2D eigenvalue weighted by atomic mass is 32.2. The van der Waals surface area contributed by atoms with Crippen LogP contribution in [0.15, 0.2) is 96.0 Å². The number of sulfone groups is 1. The number of hydrogen-bond donors (Lipinski definition) is 0. The van der Waals surface area contributed by atoms with Crippen molar-refractivity contribution in [2.24, 2.45) is 0 Å². The summed E-state index contributed by atoms with van der Waals surface area (Å²) in [4.78, 5) is 36.4. The first-order valence-corrected chi connectivity index (χ1v) is 21.1. The highest BCUT2D eigenvalue weighted by Crippen LogP contribution is 2.40. The zero-order valence-corrected chi connectivity index (χ0v) is 32.5. The van der Waals surface area contributed by atoms with Crippen LogP contribution in [0.4, 0.5) is 16.2 Å². The van der Waals surface area contributed by atoms with Gasteiger partial charge >= 0.3 is 12.0 Å². The van der Waals surface area contributed by atoms with Crippen LogP contribution in [0.1, 0.15) is 55.1 Å². The Kier molecular flexibility index (Phi) is 9.65. The molecule has 0 spiro atoms. The van der Waals surface area contributed by atoms with Crippen LogP contribution in [0.2, 0.25) is 0 Å². The summed E-state index contributed by atoms with van der Waals surface area (Å²) < 4.78 is 59.7. The first kappa shape index (κ1) is 37.3. The van der Waals surface area contributed by atoms with Gasteiger partial charge in [-0.05, 0) is 100 Å². The lowest BCUT2D eigenvalue weighted by atomic mass is 10.0. The van der Waals surface area contributed by atoms with Crippen LogP contribution in [-0.2, 0) is 37.7 Å². The van der Waals surface area contributed by atoms with Crippen molar-refractivity contribution in [2.75, 3.05) is 36.2 Å². The number of rotatable bonds is 8. The molecule has 2 aromatic heterocycles. The third kappa shape index (κ3) is 7.25. The number of ether oxygens (including phenoxy) is 1. The van der Waals surface area contributed by atoms with E-state index in [0.29, 0.717) is 66.1 Å². The molecule has 0 atom stereocenters. The maximum Gasteiger partial charge on any atom is 0.338 e. The molecule has 0 bridgehead atoms. The quantitative estimate of drug-likeness (QED) is 0.162. The fourth-order valence-electron chi connectivity index (χ4n) is 7.12. The van der Waals surface area contributed by atoms with Gasteiger partial charge in [0.1, 0.15) is 15.4 Å². The minimum absolute atomic E-state index is 0.108. The van der Waals surface area contributed by atoms with Crippen LogP contribution >= 0.6 is 0 Å². The molecule has 0 radical (unpaired) electrons. The molecule has 4 heterocycles. The third-order valence-corrected chi connectivity index (χ3v) is 13.4. The molecular formula is C40H43N5O7S2. The Bertz CT molecular complexity index is 2450. The van der Waals surface area contributed by atoms with Gasteiger partial charge in [-0.2, -0.15) is 0 Å². The molecule has 282 valence electrons. The lowest BCUT2D eigenvalue weighted by molar-refractivity contribution is 0.00694. The van der Waals surface area contributed by atoms with E-state index < -0.39 is 31.4 Å². The number of amides is 2. The molecule has 2 aliphatic heterocycles. The maximum atomic E-state index is 14.4. The fourth-order valence-corrected chi connectivity index (χ4v) is 9.69. The summed E-state index contributed by atoms with van der Waals surface area (Å²) in [6, 6.07) is 24.1. The summed E-state index contributed by atoms with van der Waals surface area (Å²) >= 11 is 0. The van der Waals surface area contributed by atoms with E-state index in [4.69, 9.17) is 4.74 Å². The molecule has 0 unspecified atom stereocenters. The van der Waals surface area contributed by atoms with E-state index in [9.17, 15) is 26.4 Å². The van der Waals surface area contributed by atoms with Crippen molar-refractivity contribution in [2.45, 2.75) is 62.4 Å². The van der Waals surface area contributed by atoms with Crippen molar-refractivity contribution in [1.82, 2.24) is 13.9 Å². The van der Waals surface area contributed by atoms with Crippen molar-refractivity contribution >= 4 is 54.3 Å². The Balaban J connectivity index is 1.26. The first-order valence-electron chi connectivity index (χ1n) is 17.7.